The highest BCUT2D eigenvalue weighted by Crippen LogP contribution is 2.37. The summed E-state index contributed by atoms with van der Waals surface area (Å²) in [7, 11) is 0. The first-order chi connectivity index (χ1) is 15.9. The molecule has 0 spiro atoms. The Balaban J connectivity index is 0.00000216. The summed E-state index contributed by atoms with van der Waals surface area (Å²) >= 11 is 0. The summed E-state index contributed by atoms with van der Waals surface area (Å²) < 4.78 is 5.32. The minimum absolute atomic E-state index is 0. The summed E-state index contributed by atoms with van der Waals surface area (Å²) in [6.45, 7) is 5.34. The van der Waals surface area contributed by atoms with Crippen molar-refractivity contribution in [3.8, 4) is 11.5 Å². The van der Waals surface area contributed by atoms with E-state index in [2.05, 4.69) is 9.80 Å². The summed E-state index contributed by atoms with van der Waals surface area (Å²) in [5.41, 5.74) is -0.473. The summed E-state index contributed by atoms with van der Waals surface area (Å²) in [6, 6.07) is 6.54. The topological polar surface area (TPSA) is 128 Å². The largest absolute Gasteiger partial charge is 0.507 e. The van der Waals surface area contributed by atoms with Gasteiger partial charge < -0.3 is 25.0 Å². The molecule has 0 aromatic heterocycles. The number of carbonyl (C=O) groups is 3. The molecule has 1 saturated heterocycles. The van der Waals surface area contributed by atoms with E-state index in [0.29, 0.717) is 13.0 Å². The Morgan fingerprint density at radius 1 is 0.857 bits per heavy atom. The molecule has 1 fully saturated rings. The number of piperazine rings is 1. The van der Waals surface area contributed by atoms with Crippen molar-refractivity contribution in [1.82, 2.24) is 9.80 Å². The Bertz CT molecular complexity index is 1100. The van der Waals surface area contributed by atoms with Crippen molar-refractivity contribution in [2.45, 2.75) is 6.42 Å². The lowest BCUT2D eigenvalue weighted by atomic mass is 9.82. The number of phenols is 2. The maximum atomic E-state index is 12.9. The van der Waals surface area contributed by atoms with Crippen molar-refractivity contribution in [2.24, 2.45) is 0 Å². The van der Waals surface area contributed by atoms with Gasteiger partial charge in [0.25, 0.3) is 0 Å². The van der Waals surface area contributed by atoms with E-state index in [9.17, 15) is 24.6 Å². The number of aromatic hydroxyl groups is 2. The van der Waals surface area contributed by atoms with Crippen LogP contribution in [0.15, 0.2) is 30.3 Å². The third kappa shape index (κ3) is 5.94. The molecule has 0 bridgehead atoms. The van der Waals surface area contributed by atoms with Gasteiger partial charge >= 0.3 is 5.97 Å². The van der Waals surface area contributed by atoms with E-state index in [0.717, 1.165) is 38.8 Å². The van der Waals surface area contributed by atoms with Crippen LogP contribution in [-0.4, -0.2) is 95.1 Å². The number of β-amino-alcohol motifs (C(OH)–C–C–N with tert-alkyl or cyclic N) is 1. The van der Waals surface area contributed by atoms with Gasteiger partial charge in [0.2, 0.25) is 5.78 Å². The predicted molar refractivity (Wildman–Crippen MR) is 132 cm³/mol. The first-order valence-electron chi connectivity index (χ1n) is 10.9. The first-order valence-corrected chi connectivity index (χ1v) is 10.9. The summed E-state index contributed by atoms with van der Waals surface area (Å²) in [6.07, 6.45) is 0.632. The number of aliphatic hydroxyl groups excluding tert-OH is 1. The number of hydrogen-bond acceptors (Lipinski definition) is 9. The van der Waals surface area contributed by atoms with E-state index in [1.807, 2.05) is 0 Å². The molecule has 0 saturated carbocycles. The standard InChI is InChI=1S/C24H26N2O7.2ClH/c27-11-10-26-8-6-25(7-9-26)5-2-12-33-24(32)15-13-17-21(19(29)14-15)23(31)20-16(22(17)30)3-1-4-18(20)28;;/h1,3-4,13-14,27-29H,2,5-12H2;2*1H. The second-order valence-corrected chi connectivity index (χ2v) is 8.17. The number of halogens is 2. The van der Waals surface area contributed by atoms with E-state index in [4.69, 9.17) is 9.84 Å². The minimum Gasteiger partial charge on any atom is -0.507 e. The number of ether oxygens (including phenoxy) is 1. The van der Waals surface area contributed by atoms with Crippen LogP contribution >= 0.6 is 24.8 Å². The molecule has 0 amide bonds. The molecule has 2 aliphatic rings. The number of rotatable bonds is 7. The molecule has 3 N–H and O–H groups in total. The molecule has 35 heavy (non-hydrogen) atoms. The van der Waals surface area contributed by atoms with Crippen LogP contribution in [0.4, 0.5) is 0 Å². The highest BCUT2D eigenvalue weighted by atomic mass is 35.5. The zero-order valence-electron chi connectivity index (χ0n) is 18.9. The lowest BCUT2D eigenvalue weighted by Gasteiger charge is -2.34. The zero-order chi connectivity index (χ0) is 23.5. The fraction of sp³-hybridized carbons (Fsp3) is 0.375. The van der Waals surface area contributed by atoms with Crippen LogP contribution in [0, 0.1) is 0 Å². The fourth-order valence-corrected chi connectivity index (χ4v) is 4.31. The van der Waals surface area contributed by atoms with Crippen LogP contribution in [-0.2, 0) is 4.74 Å². The van der Waals surface area contributed by atoms with Crippen LogP contribution in [0.25, 0.3) is 0 Å². The molecule has 0 atom stereocenters. The van der Waals surface area contributed by atoms with Gasteiger partial charge in [0.05, 0.1) is 29.9 Å². The third-order valence-electron chi connectivity index (χ3n) is 6.07. The van der Waals surface area contributed by atoms with E-state index in [1.165, 1.54) is 24.3 Å². The van der Waals surface area contributed by atoms with Crippen LogP contribution < -0.4 is 0 Å². The van der Waals surface area contributed by atoms with Crippen molar-refractivity contribution in [2.75, 3.05) is 52.5 Å². The molecular weight excluding hydrogens is 499 g/mol. The number of benzene rings is 2. The minimum atomic E-state index is -0.692. The third-order valence-corrected chi connectivity index (χ3v) is 6.07. The van der Waals surface area contributed by atoms with E-state index in [1.54, 1.807) is 0 Å². The molecule has 11 heteroatoms. The molecule has 1 heterocycles. The Labute approximate surface area is 215 Å². The Kier molecular flexibility index (Phi) is 10.1. The lowest BCUT2D eigenvalue weighted by molar-refractivity contribution is 0.0473. The zero-order valence-corrected chi connectivity index (χ0v) is 20.6. The number of ketones is 2. The number of hydrogen-bond donors (Lipinski definition) is 3. The second kappa shape index (κ2) is 12.3. The monoisotopic (exact) mass is 526 g/mol. The number of nitrogens with zero attached hydrogens (tertiary/aromatic N) is 2. The van der Waals surface area contributed by atoms with Gasteiger partial charge in [-0.3, -0.25) is 14.5 Å². The van der Waals surface area contributed by atoms with Crippen LogP contribution in [0.2, 0.25) is 0 Å². The molecule has 190 valence electrons. The molecule has 0 radical (unpaired) electrons. The van der Waals surface area contributed by atoms with Gasteiger partial charge in [0, 0.05) is 50.4 Å². The highest BCUT2D eigenvalue weighted by molar-refractivity contribution is 6.30. The molecular formula is C24H28Cl2N2O7. The molecule has 1 aliphatic carbocycles. The van der Waals surface area contributed by atoms with Gasteiger partial charge in [0.15, 0.2) is 5.78 Å². The van der Waals surface area contributed by atoms with Gasteiger partial charge in [-0.2, -0.15) is 0 Å². The van der Waals surface area contributed by atoms with Gasteiger partial charge in [-0.05, 0) is 24.6 Å². The van der Waals surface area contributed by atoms with Gasteiger partial charge in [-0.15, -0.1) is 24.8 Å². The molecule has 0 unspecified atom stereocenters. The highest BCUT2D eigenvalue weighted by Gasteiger charge is 2.35. The average Bonchev–Trinajstić information content (AvgIpc) is 2.80. The Hall–Kier alpha value is -2.69. The molecule has 9 nitrogen and oxygen atoms in total. The number of aliphatic hydroxyl groups is 1. The van der Waals surface area contributed by atoms with Crippen molar-refractivity contribution < 1.29 is 34.4 Å². The summed E-state index contributed by atoms with van der Waals surface area (Å²) in [5.74, 6) is -2.76. The summed E-state index contributed by atoms with van der Waals surface area (Å²) in [5, 5.41) is 29.4. The smallest absolute Gasteiger partial charge is 0.338 e. The van der Waals surface area contributed by atoms with Crippen LogP contribution in [0.3, 0.4) is 0 Å². The number of esters is 1. The summed E-state index contributed by atoms with van der Waals surface area (Å²) in [4.78, 5) is 42.7. The van der Waals surface area contributed by atoms with Gasteiger partial charge in [-0.1, -0.05) is 12.1 Å². The quantitative estimate of drug-likeness (QED) is 0.312. The van der Waals surface area contributed by atoms with E-state index in [-0.39, 0.29) is 71.6 Å². The fourth-order valence-electron chi connectivity index (χ4n) is 4.31. The molecule has 1 aliphatic heterocycles. The second-order valence-electron chi connectivity index (χ2n) is 8.17. The van der Waals surface area contributed by atoms with E-state index >= 15 is 0 Å². The van der Waals surface area contributed by atoms with Gasteiger partial charge in [0.1, 0.15) is 11.5 Å². The lowest BCUT2D eigenvalue weighted by Crippen LogP contribution is -2.47. The number of fused-ring (bicyclic) bond motifs is 2. The Morgan fingerprint density at radius 2 is 1.49 bits per heavy atom. The normalized spacial score (nSPS) is 15.5. The maximum Gasteiger partial charge on any atom is 0.338 e. The van der Waals surface area contributed by atoms with Crippen LogP contribution in [0.5, 0.6) is 11.5 Å². The van der Waals surface area contributed by atoms with Crippen molar-refractivity contribution in [1.29, 1.82) is 0 Å². The SMILES string of the molecule is Cl.Cl.O=C(OCCCN1CCN(CCO)CC1)c1cc(O)c2c(c1)C(=O)c1cccc(O)c1C2=O. The van der Waals surface area contributed by atoms with E-state index < -0.39 is 23.3 Å². The van der Waals surface area contributed by atoms with Crippen LogP contribution in [0.1, 0.15) is 48.6 Å². The Morgan fingerprint density at radius 3 is 2.14 bits per heavy atom. The molecule has 2 aromatic carbocycles. The number of carbonyl (C=O) groups excluding carboxylic acids is 3. The maximum absolute atomic E-state index is 12.9. The predicted octanol–water partition coefficient (Wildman–Crippen LogP) is 1.87. The van der Waals surface area contributed by atoms with Crippen molar-refractivity contribution in [3.63, 3.8) is 0 Å². The number of phenolic OH excluding ortho intramolecular Hbond substituents is 2. The van der Waals surface area contributed by atoms with Crippen molar-refractivity contribution in [3.05, 3.63) is 58.1 Å². The molecule has 4 rings (SSSR count). The van der Waals surface area contributed by atoms with Gasteiger partial charge in [-0.25, -0.2) is 4.79 Å². The van der Waals surface area contributed by atoms with Crippen molar-refractivity contribution >= 4 is 42.3 Å². The first kappa shape index (κ1) is 28.5. The molecule has 2 aromatic rings. The average molecular weight is 527 g/mol.